The van der Waals surface area contributed by atoms with Gasteiger partial charge in [0.2, 0.25) is 5.91 Å². The van der Waals surface area contributed by atoms with Gasteiger partial charge in [-0.1, -0.05) is 113 Å². The first-order valence-electron chi connectivity index (χ1n) is 22.0. The van der Waals surface area contributed by atoms with Crippen LogP contribution in [0, 0.1) is 11.5 Å². The summed E-state index contributed by atoms with van der Waals surface area (Å²) >= 11 is 0. The van der Waals surface area contributed by atoms with Crippen LogP contribution in [0.5, 0.6) is 0 Å². The van der Waals surface area contributed by atoms with Gasteiger partial charge in [-0.2, -0.15) is 18.3 Å². The predicted molar refractivity (Wildman–Crippen MR) is 253 cm³/mol. The lowest BCUT2D eigenvalue weighted by atomic mass is 10.0. The maximum Gasteiger partial charge on any atom is 0.416 e. The number of nitrogens with one attached hydrogen (secondary N) is 2. The number of primary amides is 1. The SMILES string of the molecule is CC(C)[Si](C#CCNC(=O)c1cc(C(=O)N/N=C/c2cccc(C(F)(F)F)c2)cc(C(=O)N(Cc2cn(Cc3cccc(-c4ccccc4)c3)nn2)CC(F)(F)CCC(N)=O)c1)(C(C)C)C(C)C. The highest BCUT2D eigenvalue weighted by atomic mass is 28.3. The predicted octanol–water partition coefficient (Wildman–Crippen LogP) is 9.27. The van der Waals surface area contributed by atoms with Crippen molar-refractivity contribution in [3.05, 3.63) is 142 Å². The minimum atomic E-state index is -4.63. The quantitative estimate of drug-likeness (QED) is 0.0246. The fourth-order valence-corrected chi connectivity index (χ4v) is 13.6. The van der Waals surface area contributed by atoms with Gasteiger partial charge in [-0.15, -0.1) is 10.6 Å². The number of carbonyl (C=O) groups excluding carboxylic acids is 4. The van der Waals surface area contributed by atoms with Gasteiger partial charge in [0.1, 0.15) is 13.8 Å². The van der Waals surface area contributed by atoms with Crippen molar-refractivity contribution in [3.63, 3.8) is 0 Å². The van der Waals surface area contributed by atoms with Crippen molar-refractivity contribution in [2.24, 2.45) is 10.8 Å². The normalized spacial score (nSPS) is 12.0. The van der Waals surface area contributed by atoms with E-state index in [0.29, 0.717) is 16.6 Å². The van der Waals surface area contributed by atoms with E-state index in [2.05, 4.69) is 79.2 Å². The molecule has 0 bridgehead atoms. The molecule has 0 unspecified atom stereocenters. The van der Waals surface area contributed by atoms with Crippen molar-refractivity contribution in [1.82, 2.24) is 30.6 Å². The van der Waals surface area contributed by atoms with Crippen LogP contribution in [-0.2, 0) is 24.1 Å². The molecule has 4 N–H and O–H groups in total. The molecule has 12 nitrogen and oxygen atoms in total. The Bertz CT molecular complexity index is 2650. The molecule has 18 heteroatoms. The molecule has 0 atom stereocenters. The van der Waals surface area contributed by atoms with E-state index in [1.807, 2.05) is 54.6 Å². The van der Waals surface area contributed by atoms with Crippen molar-refractivity contribution < 1.29 is 41.1 Å². The molecule has 0 saturated carbocycles. The number of nitrogens with two attached hydrogens (primary N) is 1. The van der Waals surface area contributed by atoms with E-state index in [1.54, 1.807) is 0 Å². The van der Waals surface area contributed by atoms with Gasteiger partial charge in [0.15, 0.2) is 0 Å². The summed E-state index contributed by atoms with van der Waals surface area (Å²) in [4.78, 5) is 54.2. The molecule has 1 aromatic heterocycles. The molecule has 0 aliphatic carbocycles. The first-order chi connectivity index (χ1) is 32.1. The third-order valence-corrected chi connectivity index (χ3v) is 17.9. The molecule has 0 fully saturated rings. The summed E-state index contributed by atoms with van der Waals surface area (Å²) in [6.07, 6.45) is -3.81. The Morgan fingerprint density at radius 1 is 0.809 bits per heavy atom. The average Bonchev–Trinajstić information content (AvgIpc) is 3.73. The van der Waals surface area contributed by atoms with Crippen LogP contribution >= 0.6 is 0 Å². The van der Waals surface area contributed by atoms with Gasteiger partial charge in [0, 0.05) is 29.5 Å². The van der Waals surface area contributed by atoms with Gasteiger partial charge in [0.05, 0.1) is 44.2 Å². The molecule has 5 rings (SSSR count). The van der Waals surface area contributed by atoms with Crippen molar-refractivity contribution in [1.29, 1.82) is 0 Å². The minimum absolute atomic E-state index is 0.00949. The molecular formula is C50H55F5N8O4Si. The van der Waals surface area contributed by atoms with E-state index in [9.17, 15) is 32.3 Å². The van der Waals surface area contributed by atoms with E-state index >= 15 is 8.78 Å². The zero-order valence-corrected chi connectivity index (χ0v) is 39.7. The summed E-state index contributed by atoms with van der Waals surface area (Å²) < 4.78 is 72.7. The fraction of sp³-hybridized carbons (Fsp3) is 0.340. The Hall–Kier alpha value is -7.00. The van der Waals surface area contributed by atoms with Crippen molar-refractivity contribution in [3.8, 4) is 22.6 Å². The van der Waals surface area contributed by atoms with Crippen molar-refractivity contribution >= 4 is 37.9 Å². The van der Waals surface area contributed by atoms with Gasteiger partial charge in [-0.25, -0.2) is 18.9 Å². The first-order valence-corrected chi connectivity index (χ1v) is 24.2. The van der Waals surface area contributed by atoms with Crippen LogP contribution in [0.2, 0.25) is 16.6 Å². The zero-order valence-electron chi connectivity index (χ0n) is 38.7. The number of alkyl halides is 5. The molecule has 0 aliphatic rings. The summed E-state index contributed by atoms with van der Waals surface area (Å²) in [5.74, 6) is -4.23. The Balaban J connectivity index is 1.48. The van der Waals surface area contributed by atoms with E-state index < -0.39 is 75.3 Å². The fourth-order valence-electron chi connectivity index (χ4n) is 8.29. The van der Waals surface area contributed by atoms with E-state index in [4.69, 9.17) is 5.73 Å². The number of halogens is 5. The number of carbonyl (C=O) groups is 4. The maximum atomic E-state index is 15.6. The van der Waals surface area contributed by atoms with Crippen LogP contribution in [0.25, 0.3) is 11.1 Å². The molecule has 4 aromatic carbocycles. The molecular weight excluding hydrogens is 900 g/mol. The Morgan fingerprint density at radius 3 is 2.09 bits per heavy atom. The highest BCUT2D eigenvalue weighted by molar-refractivity contribution is 6.90. The maximum absolute atomic E-state index is 15.6. The van der Waals surface area contributed by atoms with Crippen LogP contribution < -0.4 is 16.5 Å². The summed E-state index contributed by atoms with van der Waals surface area (Å²) in [5, 5.41) is 14.8. The zero-order chi connectivity index (χ0) is 49.8. The lowest BCUT2D eigenvalue weighted by Gasteiger charge is -2.38. The topological polar surface area (TPSA) is 165 Å². The second-order valence-electron chi connectivity index (χ2n) is 17.5. The van der Waals surface area contributed by atoms with Gasteiger partial charge < -0.3 is 16.0 Å². The van der Waals surface area contributed by atoms with Gasteiger partial charge in [0.25, 0.3) is 23.6 Å². The van der Waals surface area contributed by atoms with Crippen LogP contribution in [0.3, 0.4) is 0 Å². The average molecular weight is 955 g/mol. The molecule has 0 radical (unpaired) electrons. The second kappa shape index (κ2) is 22.7. The number of rotatable bonds is 19. The van der Waals surface area contributed by atoms with Crippen LogP contribution in [0.15, 0.2) is 108 Å². The Labute approximate surface area is 393 Å². The number of benzene rings is 4. The van der Waals surface area contributed by atoms with E-state index in [1.165, 1.54) is 23.0 Å². The van der Waals surface area contributed by atoms with Gasteiger partial charge in [-0.3, -0.25) is 19.2 Å². The van der Waals surface area contributed by atoms with E-state index in [-0.39, 0.29) is 41.0 Å². The molecule has 4 amide bonds. The third kappa shape index (κ3) is 14.0. The number of amides is 4. The molecule has 1 heterocycles. The molecule has 68 heavy (non-hydrogen) atoms. The van der Waals surface area contributed by atoms with Gasteiger partial charge >= 0.3 is 6.18 Å². The largest absolute Gasteiger partial charge is 0.416 e. The number of hydrogen-bond acceptors (Lipinski definition) is 7. The van der Waals surface area contributed by atoms with Crippen molar-refractivity contribution in [2.75, 3.05) is 13.1 Å². The standard InChI is InChI=1S/C50H55F5N8O4Si/c1-33(2)68(34(3)4,35(5)6)22-12-21-57-46(65)40-25-41(47(66)60-58-28-36-13-11-18-43(24-36)50(53,54)55)27-42(26-40)48(67)62(32-49(51,52)20-19-45(56)64)30-44-31-63(61-59-44)29-37-14-10-17-39(23-37)38-15-8-7-9-16-38/h7-11,13-18,23-28,31,33-35H,19-21,29-30,32H2,1-6H3,(H2,56,64)(H,57,65)(H,60,66)/b58-28+. The lowest BCUT2D eigenvalue weighted by molar-refractivity contribution is -0.137. The molecule has 0 aliphatic heterocycles. The van der Waals surface area contributed by atoms with Crippen molar-refractivity contribution in [2.45, 2.75) is 96.2 Å². The summed E-state index contributed by atoms with van der Waals surface area (Å²) in [6.45, 7) is 11.3. The first kappa shape index (κ1) is 52.0. The highest BCUT2D eigenvalue weighted by Crippen LogP contribution is 2.40. The van der Waals surface area contributed by atoms with Crippen LogP contribution in [0.1, 0.15) is 108 Å². The second-order valence-corrected chi connectivity index (χ2v) is 23.0. The third-order valence-electron chi connectivity index (χ3n) is 11.6. The van der Waals surface area contributed by atoms with Crippen LogP contribution in [-0.4, -0.2) is 76.8 Å². The lowest BCUT2D eigenvalue weighted by Crippen LogP contribution is -2.43. The van der Waals surface area contributed by atoms with Crippen LogP contribution in [0.4, 0.5) is 22.0 Å². The Kier molecular flexibility index (Phi) is 17.3. The summed E-state index contributed by atoms with van der Waals surface area (Å²) in [5.41, 5.74) is 13.0. The smallest absolute Gasteiger partial charge is 0.370 e. The number of nitrogens with zero attached hydrogens (tertiary/aromatic N) is 5. The minimum Gasteiger partial charge on any atom is -0.370 e. The monoisotopic (exact) mass is 954 g/mol. The summed E-state index contributed by atoms with van der Waals surface area (Å²) in [7, 11) is -2.17. The molecule has 5 aromatic rings. The molecule has 358 valence electrons. The molecule has 0 spiro atoms. The summed E-state index contributed by atoms with van der Waals surface area (Å²) in [6, 6.07) is 25.0. The number of aromatic nitrogens is 3. The van der Waals surface area contributed by atoms with Gasteiger partial charge in [-0.05, 0) is 75.3 Å². The number of hydrogen-bond donors (Lipinski definition) is 3. The van der Waals surface area contributed by atoms with E-state index in [0.717, 1.165) is 58.1 Å². The number of hydrazone groups is 1. The Morgan fingerprint density at radius 2 is 1.44 bits per heavy atom. The molecule has 0 saturated heterocycles. The highest BCUT2D eigenvalue weighted by Gasteiger charge is 2.42.